The van der Waals surface area contributed by atoms with Crippen molar-refractivity contribution in [2.45, 2.75) is 45.3 Å². The molecule has 1 N–H and O–H groups in total. The number of nitrogens with zero attached hydrogens (tertiary/aromatic N) is 1. The molecule has 1 aliphatic heterocycles. The average molecular weight is 686 g/mol. The highest BCUT2D eigenvalue weighted by atomic mass is 16.6. The first-order chi connectivity index (χ1) is 24.2. The number of hydrogen-bond donors (Lipinski definition) is 1. The number of hydrogen-bond acceptors (Lipinski definition) is 10. The Kier molecular flexibility index (Phi) is 14.6. The van der Waals surface area contributed by atoms with E-state index in [0.717, 1.165) is 23.5 Å². The van der Waals surface area contributed by atoms with Crippen LogP contribution in [0.2, 0.25) is 0 Å². The van der Waals surface area contributed by atoms with Crippen LogP contribution in [0.25, 0.3) is 5.57 Å². The lowest BCUT2D eigenvalue weighted by atomic mass is 9.87. The van der Waals surface area contributed by atoms with Crippen LogP contribution in [0.15, 0.2) is 91.0 Å². The average Bonchev–Trinajstić information content (AvgIpc) is 3.51. The van der Waals surface area contributed by atoms with Gasteiger partial charge in [0, 0.05) is 25.5 Å². The first-order valence-electron chi connectivity index (χ1n) is 16.6. The van der Waals surface area contributed by atoms with E-state index in [4.69, 9.17) is 24.1 Å². The lowest BCUT2D eigenvalue weighted by Crippen LogP contribution is -2.47. The molecule has 2 amide bonds. The number of carbonyl (C=O) groups excluding carboxylic acids is 5. The van der Waals surface area contributed by atoms with Gasteiger partial charge in [0.15, 0.2) is 17.7 Å². The van der Waals surface area contributed by atoms with E-state index in [9.17, 15) is 24.0 Å². The number of amides is 2. The number of allylic oxidation sites excluding steroid dienone is 1. The van der Waals surface area contributed by atoms with Gasteiger partial charge in [-0.3, -0.25) is 19.2 Å². The Morgan fingerprint density at radius 3 is 2.26 bits per heavy atom. The molecule has 0 unspecified atom stereocenters. The van der Waals surface area contributed by atoms with Crippen molar-refractivity contribution in [3.8, 4) is 0 Å². The lowest BCUT2D eigenvalue weighted by Gasteiger charge is -2.29. The van der Waals surface area contributed by atoms with Gasteiger partial charge in [0.2, 0.25) is 5.91 Å². The van der Waals surface area contributed by atoms with E-state index in [1.807, 2.05) is 19.1 Å². The lowest BCUT2D eigenvalue weighted by molar-refractivity contribution is -0.158. The highest BCUT2D eigenvalue weighted by Gasteiger charge is 2.46. The van der Waals surface area contributed by atoms with Crippen LogP contribution in [0, 0.1) is 12.8 Å². The number of ether oxygens (including phenoxy) is 4. The fraction of sp³-hybridized carbons (Fsp3) is 0.359. The van der Waals surface area contributed by atoms with Crippen molar-refractivity contribution in [2.24, 2.45) is 5.92 Å². The van der Waals surface area contributed by atoms with Crippen molar-refractivity contribution in [1.29, 1.82) is 0 Å². The zero-order chi connectivity index (χ0) is 35.9. The second-order valence-electron chi connectivity index (χ2n) is 11.8. The summed E-state index contributed by atoms with van der Waals surface area (Å²) in [6.45, 7) is 3.90. The molecule has 0 radical (unpaired) electrons. The SMILES string of the molecule is CC(=O)O[C@H](C(=O)C=C(C(=O)CCCOCCOCCO)c1cccc(C)c1)[C@@H](Cc1ccccc1)C(=O)N1C(=O)OC[C@@H]1c1ccccc1. The summed E-state index contributed by atoms with van der Waals surface area (Å²) < 4.78 is 21.6. The van der Waals surface area contributed by atoms with Crippen molar-refractivity contribution in [3.05, 3.63) is 113 Å². The first-order valence-corrected chi connectivity index (χ1v) is 16.6. The van der Waals surface area contributed by atoms with Crippen LogP contribution < -0.4 is 0 Å². The molecule has 0 bridgehead atoms. The summed E-state index contributed by atoms with van der Waals surface area (Å²) in [6, 6.07) is 24.1. The third-order valence-corrected chi connectivity index (χ3v) is 8.07. The Morgan fingerprint density at radius 2 is 1.60 bits per heavy atom. The van der Waals surface area contributed by atoms with E-state index in [2.05, 4.69) is 0 Å². The third-order valence-electron chi connectivity index (χ3n) is 8.07. The van der Waals surface area contributed by atoms with E-state index < -0.39 is 41.8 Å². The summed E-state index contributed by atoms with van der Waals surface area (Å²) in [6.07, 6.45) is -1.04. The molecule has 11 heteroatoms. The van der Waals surface area contributed by atoms with Crippen LogP contribution in [-0.2, 0) is 44.5 Å². The molecule has 0 aromatic heterocycles. The second kappa shape index (κ2) is 19.3. The van der Waals surface area contributed by atoms with Gasteiger partial charge < -0.3 is 24.1 Å². The maximum absolute atomic E-state index is 14.5. The smallest absolute Gasteiger partial charge is 0.417 e. The number of rotatable bonds is 19. The van der Waals surface area contributed by atoms with Crippen LogP contribution in [0.4, 0.5) is 4.79 Å². The zero-order valence-electron chi connectivity index (χ0n) is 28.3. The molecule has 264 valence electrons. The number of Topliss-reactive ketones (excluding diaryl/α,β-unsaturated/α-hetero) is 1. The molecule has 1 saturated heterocycles. The summed E-state index contributed by atoms with van der Waals surface area (Å²) in [7, 11) is 0. The second-order valence-corrected chi connectivity index (χ2v) is 11.8. The summed E-state index contributed by atoms with van der Waals surface area (Å²) >= 11 is 0. The van der Waals surface area contributed by atoms with Crippen LogP contribution in [0.3, 0.4) is 0 Å². The molecule has 3 atom stereocenters. The normalized spacial score (nSPS) is 15.7. The minimum absolute atomic E-state index is 0.0461. The van der Waals surface area contributed by atoms with Gasteiger partial charge in [0.25, 0.3) is 0 Å². The van der Waals surface area contributed by atoms with Gasteiger partial charge in [-0.25, -0.2) is 9.69 Å². The maximum Gasteiger partial charge on any atom is 0.417 e. The first kappa shape index (κ1) is 37.8. The van der Waals surface area contributed by atoms with Crippen molar-refractivity contribution >= 4 is 35.1 Å². The number of aliphatic hydroxyl groups is 1. The molecule has 50 heavy (non-hydrogen) atoms. The number of ketones is 2. The largest absolute Gasteiger partial charge is 0.453 e. The quantitative estimate of drug-likeness (QED) is 0.106. The van der Waals surface area contributed by atoms with Gasteiger partial charge in [0.1, 0.15) is 12.6 Å². The van der Waals surface area contributed by atoms with Crippen LogP contribution in [-0.4, -0.2) is 85.3 Å². The minimum atomic E-state index is -1.67. The number of benzene rings is 3. The van der Waals surface area contributed by atoms with Gasteiger partial charge >= 0.3 is 12.1 Å². The molecule has 1 heterocycles. The monoisotopic (exact) mass is 685 g/mol. The molecule has 11 nitrogen and oxygen atoms in total. The zero-order valence-corrected chi connectivity index (χ0v) is 28.3. The van der Waals surface area contributed by atoms with E-state index >= 15 is 0 Å². The van der Waals surface area contributed by atoms with E-state index in [1.54, 1.807) is 72.8 Å². The molecule has 3 aromatic carbocycles. The van der Waals surface area contributed by atoms with Crippen molar-refractivity contribution < 1.29 is 48.0 Å². The van der Waals surface area contributed by atoms with Gasteiger partial charge in [-0.1, -0.05) is 90.5 Å². The minimum Gasteiger partial charge on any atom is -0.453 e. The molecule has 1 aliphatic rings. The molecule has 0 saturated carbocycles. The molecule has 3 aromatic rings. The number of aliphatic hydroxyl groups excluding tert-OH is 1. The Bertz CT molecular complexity index is 1640. The van der Waals surface area contributed by atoms with E-state index in [0.29, 0.717) is 36.3 Å². The fourth-order valence-corrected chi connectivity index (χ4v) is 5.69. The number of carbonyl (C=O) groups is 5. The number of imide groups is 1. The topological polar surface area (TPSA) is 146 Å². The highest BCUT2D eigenvalue weighted by Crippen LogP contribution is 2.32. The number of esters is 1. The van der Waals surface area contributed by atoms with Crippen LogP contribution in [0.5, 0.6) is 0 Å². The third kappa shape index (κ3) is 10.8. The molecule has 0 aliphatic carbocycles. The number of cyclic esters (lactones) is 1. The summed E-state index contributed by atoms with van der Waals surface area (Å²) in [4.78, 5) is 69.0. The molecular weight excluding hydrogens is 642 g/mol. The van der Waals surface area contributed by atoms with Crippen LogP contribution >= 0.6 is 0 Å². The van der Waals surface area contributed by atoms with Crippen molar-refractivity contribution in [2.75, 3.05) is 39.6 Å². The van der Waals surface area contributed by atoms with Crippen LogP contribution in [0.1, 0.15) is 48.1 Å². The van der Waals surface area contributed by atoms with E-state index in [1.165, 1.54) is 0 Å². The molecule has 1 fully saturated rings. The predicted octanol–water partition coefficient (Wildman–Crippen LogP) is 4.83. The Hall–Kier alpha value is -4.97. The van der Waals surface area contributed by atoms with Gasteiger partial charge in [-0.05, 0) is 42.5 Å². The summed E-state index contributed by atoms with van der Waals surface area (Å²) in [5.41, 5.74) is 2.76. The van der Waals surface area contributed by atoms with Gasteiger partial charge in [0.05, 0.1) is 32.3 Å². The van der Waals surface area contributed by atoms with Crippen molar-refractivity contribution in [3.63, 3.8) is 0 Å². The maximum atomic E-state index is 14.5. The Morgan fingerprint density at radius 1 is 0.920 bits per heavy atom. The van der Waals surface area contributed by atoms with Crippen molar-refractivity contribution in [1.82, 2.24) is 4.90 Å². The summed E-state index contributed by atoms with van der Waals surface area (Å²) in [5.74, 6) is -4.02. The molecule has 4 rings (SSSR count). The fourth-order valence-electron chi connectivity index (χ4n) is 5.69. The Balaban J connectivity index is 1.68. The Labute approximate surface area is 291 Å². The highest BCUT2D eigenvalue weighted by molar-refractivity contribution is 6.25. The van der Waals surface area contributed by atoms with Gasteiger partial charge in [-0.2, -0.15) is 0 Å². The number of aryl methyl sites for hydroxylation is 1. The predicted molar refractivity (Wildman–Crippen MR) is 184 cm³/mol. The molecular formula is C39H43NO10. The molecule has 0 spiro atoms. The van der Waals surface area contributed by atoms with E-state index in [-0.39, 0.29) is 50.6 Å². The summed E-state index contributed by atoms with van der Waals surface area (Å²) in [5, 5.41) is 8.81. The standard InChI is InChI=1S/C39H43NO10/c1-27-11-9-16-31(23-27)32(35(43)17-10-19-47-21-22-48-20-18-41)25-36(44)37(50-28(2)42)33(24-29-12-5-3-6-13-29)38(45)40-34(26-49-39(40)46)30-14-7-4-8-15-30/h3-9,11-16,23,25,33-34,37,41H,10,17-22,24,26H2,1-2H3/t33-,34-,37+/m1/s1. The van der Waals surface area contributed by atoms with Gasteiger partial charge in [-0.15, -0.1) is 0 Å².